The third kappa shape index (κ3) is 2.98. The molecule has 0 fully saturated rings. The van der Waals surface area contributed by atoms with E-state index in [0.29, 0.717) is 0 Å². The lowest BCUT2D eigenvalue weighted by Gasteiger charge is -2.09. The molecule has 0 aromatic heterocycles. The van der Waals surface area contributed by atoms with Crippen LogP contribution in [0.25, 0.3) is 0 Å². The molecule has 2 rings (SSSR count). The molecule has 82 valence electrons. The van der Waals surface area contributed by atoms with E-state index in [0.717, 1.165) is 22.4 Å². The van der Waals surface area contributed by atoms with Gasteiger partial charge in [-0.15, -0.1) is 0 Å². The van der Waals surface area contributed by atoms with E-state index >= 15 is 0 Å². The van der Waals surface area contributed by atoms with Crippen LogP contribution < -0.4 is 4.74 Å². The second-order valence-corrected chi connectivity index (χ2v) is 5.10. The van der Waals surface area contributed by atoms with Crippen LogP contribution in [0, 0.1) is 3.57 Å². The Balaban J connectivity index is 2.23. The second-order valence-electron chi connectivity index (χ2n) is 3.30. The van der Waals surface area contributed by atoms with Crippen LogP contribution in [-0.2, 0) is 5.33 Å². The Morgan fingerprint density at radius 2 is 1.69 bits per heavy atom. The molecule has 0 amide bonds. The van der Waals surface area contributed by atoms with E-state index < -0.39 is 0 Å². The number of hydrogen-bond acceptors (Lipinski definition) is 1. The van der Waals surface area contributed by atoms with E-state index in [4.69, 9.17) is 4.74 Å². The highest BCUT2D eigenvalue weighted by Gasteiger charge is 2.02. The predicted molar refractivity (Wildman–Crippen MR) is 78.3 cm³/mol. The fraction of sp³-hybridized carbons (Fsp3) is 0.0769. The number of benzene rings is 2. The van der Waals surface area contributed by atoms with Gasteiger partial charge in [0.05, 0.1) is 0 Å². The Hall–Kier alpha value is -0.550. The number of halogens is 2. The van der Waals surface area contributed by atoms with Gasteiger partial charge < -0.3 is 4.74 Å². The molecular formula is C13H10BrIO. The maximum absolute atomic E-state index is 5.82. The standard InChI is InChI=1S/C13H10BrIO/c14-9-10-3-1-2-4-13(10)16-12-7-5-11(15)6-8-12/h1-8H,9H2. The Bertz CT molecular complexity index is 468. The van der Waals surface area contributed by atoms with Crippen molar-refractivity contribution in [3.05, 3.63) is 57.7 Å². The molecule has 1 nitrogen and oxygen atoms in total. The first-order valence-electron chi connectivity index (χ1n) is 4.87. The Morgan fingerprint density at radius 1 is 1.00 bits per heavy atom. The number of hydrogen-bond donors (Lipinski definition) is 0. The molecular weight excluding hydrogens is 379 g/mol. The zero-order valence-corrected chi connectivity index (χ0v) is 12.2. The van der Waals surface area contributed by atoms with Crippen molar-refractivity contribution in [2.75, 3.05) is 0 Å². The minimum absolute atomic E-state index is 0.799. The Labute approximate surface area is 117 Å². The fourth-order valence-corrected chi connectivity index (χ4v) is 2.17. The molecule has 2 aromatic carbocycles. The van der Waals surface area contributed by atoms with Gasteiger partial charge in [0, 0.05) is 14.5 Å². The van der Waals surface area contributed by atoms with Crippen molar-refractivity contribution in [3.8, 4) is 11.5 Å². The third-order valence-electron chi connectivity index (χ3n) is 2.16. The smallest absolute Gasteiger partial charge is 0.131 e. The SMILES string of the molecule is BrCc1ccccc1Oc1ccc(I)cc1. The first-order chi connectivity index (χ1) is 7.79. The number of ether oxygens (including phenoxy) is 1. The van der Waals surface area contributed by atoms with Crippen LogP contribution in [0.4, 0.5) is 0 Å². The van der Waals surface area contributed by atoms with Crippen LogP contribution in [0.1, 0.15) is 5.56 Å². The van der Waals surface area contributed by atoms with Crippen molar-refractivity contribution >= 4 is 38.5 Å². The van der Waals surface area contributed by atoms with Gasteiger partial charge in [-0.3, -0.25) is 0 Å². The van der Waals surface area contributed by atoms with Crippen molar-refractivity contribution in [2.45, 2.75) is 5.33 Å². The highest BCUT2D eigenvalue weighted by Crippen LogP contribution is 2.26. The summed E-state index contributed by atoms with van der Waals surface area (Å²) in [5, 5.41) is 0.799. The minimum Gasteiger partial charge on any atom is -0.457 e. The summed E-state index contributed by atoms with van der Waals surface area (Å²) >= 11 is 5.73. The van der Waals surface area contributed by atoms with Gasteiger partial charge in [-0.2, -0.15) is 0 Å². The molecule has 2 aromatic rings. The van der Waals surface area contributed by atoms with Gasteiger partial charge in [-0.25, -0.2) is 0 Å². The molecule has 0 aliphatic carbocycles. The summed E-state index contributed by atoms with van der Waals surface area (Å²) in [5.74, 6) is 1.77. The van der Waals surface area contributed by atoms with Gasteiger partial charge in [-0.05, 0) is 52.9 Å². The number of alkyl halides is 1. The second kappa shape index (κ2) is 5.68. The largest absolute Gasteiger partial charge is 0.457 e. The van der Waals surface area contributed by atoms with E-state index in [1.165, 1.54) is 3.57 Å². The van der Waals surface area contributed by atoms with E-state index in [9.17, 15) is 0 Å². The van der Waals surface area contributed by atoms with Gasteiger partial charge in [0.25, 0.3) is 0 Å². The quantitative estimate of drug-likeness (QED) is 0.532. The van der Waals surface area contributed by atoms with Crippen molar-refractivity contribution in [3.63, 3.8) is 0 Å². The maximum Gasteiger partial charge on any atom is 0.131 e. The number of rotatable bonds is 3. The summed E-state index contributed by atoms with van der Waals surface area (Å²) < 4.78 is 7.03. The highest BCUT2D eigenvalue weighted by atomic mass is 127. The molecule has 0 bridgehead atoms. The van der Waals surface area contributed by atoms with Crippen LogP contribution in [0.5, 0.6) is 11.5 Å². The van der Waals surface area contributed by atoms with Crippen LogP contribution >= 0.6 is 38.5 Å². The maximum atomic E-state index is 5.82. The minimum atomic E-state index is 0.799. The van der Waals surface area contributed by atoms with Crippen LogP contribution in [-0.4, -0.2) is 0 Å². The van der Waals surface area contributed by atoms with E-state index in [-0.39, 0.29) is 0 Å². The molecule has 0 heterocycles. The Morgan fingerprint density at radius 3 is 2.38 bits per heavy atom. The molecule has 0 radical (unpaired) electrons. The lowest BCUT2D eigenvalue weighted by atomic mass is 10.2. The van der Waals surface area contributed by atoms with Gasteiger partial charge in [-0.1, -0.05) is 34.1 Å². The molecule has 0 saturated heterocycles. The monoisotopic (exact) mass is 388 g/mol. The first-order valence-corrected chi connectivity index (χ1v) is 7.07. The van der Waals surface area contributed by atoms with Crippen molar-refractivity contribution < 1.29 is 4.74 Å². The van der Waals surface area contributed by atoms with Gasteiger partial charge >= 0.3 is 0 Å². The summed E-state index contributed by atoms with van der Waals surface area (Å²) in [5.41, 5.74) is 1.15. The topological polar surface area (TPSA) is 9.23 Å². The molecule has 0 saturated carbocycles. The fourth-order valence-electron chi connectivity index (χ4n) is 1.34. The summed E-state index contributed by atoms with van der Waals surface area (Å²) in [7, 11) is 0. The normalized spacial score (nSPS) is 10.1. The van der Waals surface area contributed by atoms with Crippen molar-refractivity contribution in [2.24, 2.45) is 0 Å². The van der Waals surface area contributed by atoms with Gasteiger partial charge in [0.15, 0.2) is 0 Å². The molecule has 0 atom stereocenters. The summed E-state index contributed by atoms with van der Waals surface area (Å²) in [6.45, 7) is 0. The Kier molecular flexibility index (Phi) is 4.23. The molecule has 3 heteroatoms. The average molecular weight is 389 g/mol. The first kappa shape index (κ1) is 11.9. The van der Waals surface area contributed by atoms with Gasteiger partial charge in [0.2, 0.25) is 0 Å². The molecule has 0 N–H and O–H groups in total. The summed E-state index contributed by atoms with van der Waals surface area (Å²) in [6, 6.07) is 16.1. The zero-order valence-electron chi connectivity index (χ0n) is 8.49. The van der Waals surface area contributed by atoms with E-state index in [1.807, 2.05) is 42.5 Å². The summed E-state index contributed by atoms with van der Waals surface area (Å²) in [4.78, 5) is 0. The lowest BCUT2D eigenvalue weighted by Crippen LogP contribution is -1.88. The third-order valence-corrected chi connectivity index (χ3v) is 3.48. The van der Waals surface area contributed by atoms with Gasteiger partial charge in [0.1, 0.15) is 11.5 Å². The molecule has 16 heavy (non-hydrogen) atoms. The lowest BCUT2D eigenvalue weighted by molar-refractivity contribution is 0.478. The highest BCUT2D eigenvalue weighted by molar-refractivity contribution is 14.1. The van der Waals surface area contributed by atoms with Crippen molar-refractivity contribution in [1.29, 1.82) is 0 Å². The number of para-hydroxylation sites is 1. The molecule has 0 aliphatic heterocycles. The van der Waals surface area contributed by atoms with Crippen LogP contribution in [0.2, 0.25) is 0 Å². The summed E-state index contributed by atoms with van der Waals surface area (Å²) in [6.07, 6.45) is 0. The van der Waals surface area contributed by atoms with Crippen LogP contribution in [0.3, 0.4) is 0 Å². The van der Waals surface area contributed by atoms with E-state index in [1.54, 1.807) is 0 Å². The molecule has 0 aliphatic rings. The van der Waals surface area contributed by atoms with Crippen molar-refractivity contribution in [1.82, 2.24) is 0 Å². The predicted octanol–water partition coefficient (Wildman–Crippen LogP) is 4.98. The zero-order chi connectivity index (χ0) is 11.4. The average Bonchev–Trinajstić information content (AvgIpc) is 2.33. The molecule has 0 unspecified atom stereocenters. The molecule has 0 spiro atoms. The van der Waals surface area contributed by atoms with E-state index in [2.05, 4.69) is 44.6 Å². The van der Waals surface area contributed by atoms with Crippen LogP contribution in [0.15, 0.2) is 48.5 Å².